The van der Waals surface area contributed by atoms with Crippen molar-refractivity contribution in [2.45, 2.75) is 0 Å². The molecule has 2 rings (SSSR count). The molecule has 1 aromatic carbocycles. The molecular weight excluding hydrogens is 230 g/mol. The van der Waals surface area contributed by atoms with E-state index in [0.29, 0.717) is 6.61 Å². The van der Waals surface area contributed by atoms with Crippen LogP contribution >= 0.6 is 0 Å². The lowest BCUT2D eigenvalue weighted by Gasteiger charge is -2.15. The first-order chi connectivity index (χ1) is 8.79. The Kier molecular flexibility index (Phi) is 4.28. The van der Waals surface area contributed by atoms with Crippen LogP contribution in [0.2, 0.25) is 0 Å². The van der Waals surface area contributed by atoms with Crippen molar-refractivity contribution in [1.29, 1.82) is 0 Å². The number of hydrogen-bond donors (Lipinski definition) is 1. The molecule has 18 heavy (non-hydrogen) atoms. The molecule has 0 fully saturated rings. The molecule has 1 N–H and O–H groups in total. The number of benzene rings is 1. The van der Waals surface area contributed by atoms with Crippen LogP contribution in [0, 0.1) is 0 Å². The summed E-state index contributed by atoms with van der Waals surface area (Å²) in [5, 5.41) is 3.25. The summed E-state index contributed by atoms with van der Waals surface area (Å²) < 4.78 is 10.7. The summed E-state index contributed by atoms with van der Waals surface area (Å²) in [7, 11) is 3.68. The summed E-state index contributed by atoms with van der Waals surface area (Å²) in [5.41, 5.74) is 0. The lowest BCUT2D eigenvalue weighted by Crippen LogP contribution is -2.37. The van der Waals surface area contributed by atoms with Gasteiger partial charge in [0.05, 0.1) is 20.2 Å². The van der Waals surface area contributed by atoms with E-state index >= 15 is 0 Å². The highest BCUT2D eigenvalue weighted by atomic mass is 16.5. The van der Waals surface area contributed by atoms with E-state index in [0.717, 1.165) is 37.1 Å². The molecule has 0 spiro atoms. The van der Waals surface area contributed by atoms with Crippen LogP contribution in [0.5, 0.6) is 11.5 Å². The fourth-order valence-corrected chi connectivity index (χ4v) is 1.73. The SMILES string of the molecule is COc1ccc(OCCNC2=NCCN2C)cc1. The Morgan fingerprint density at radius 1 is 1.28 bits per heavy atom. The number of ether oxygens (including phenoxy) is 2. The Bertz CT molecular complexity index is 403. The third kappa shape index (κ3) is 3.29. The molecule has 0 saturated carbocycles. The van der Waals surface area contributed by atoms with Crippen molar-refractivity contribution in [3.63, 3.8) is 0 Å². The van der Waals surface area contributed by atoms with E-state index in [1.807, 2.05) is 31.3 Å². The van der Waals surface area contributed by atoms with Gasteiger partial charge in [-0.25, -0.2) is 0 Å². The molecule has 0 saturated heterocycles. The Morgan fingerprint density at radius 2 is 2.00 bits per heavy atom. The van der Waals surface area contributed by atoms with Crippen molar-refractivity contribution in [2.75, 3.05) is 40.4 Å². The quantitative estimate of drug-likeness (QED) is 0.790. The summed E-state index contributed by atoms with van der Waals surface area (Å²) in [6, 6.07) is 7.57. The van der Waals surface area contributed by atoms with Gasteiger partial charge in [-0.05, 0) is 24.3 Å². The van der Waals surface area contributed by atoms with Gasteiger partial charge < -0.3 is 19.7 Å². The highest BCUT2D eigenvalue weighted by molar-refractivity contribution is 5.81. The van der Waals surface area contributed by atoms with Gasteiger partial charge in [-0.3, -0.25) is 4.99 Å². The van der Waals surface area contributed by atoms with Gasteiger partial charge in [0.1, 0.15) is 18.1 Å². The molecule has 0 amide bonds. The Balaban J connectivity index is 1.68. The number of nitrogens with zero attached hydrogens (tertiary/aromatic N) is 2. The predicted molar refractivity (Wildman–Crippen MR) is 71.4 cm³/mol. The molecule has 1 aliphatic heterocycles. The summed E-state index contributed by atoms with van der Waals surface area (Å²) in [5.74, 6) is 2.63. The van der Waals surface area contributed by atoms with Crippen molar-refractivity contribution in [3.8, 4) is 11.5 Å². The molecule has 0 radical (unpaired) electrons. The zero-order valence-electron chi connectivity index (χ0n) is 10.8. The van der Waals surface area contributed by atoms with Crippen LogP contribution in [0.4, 0.5) is 0 Å². The molecule has 98 valence electrons. The van der Waals surface area contributed by atoms with Gasteiger partial charge in [-0.2, -0.15) is 0 Å². The van der Waals surface area contributed by atoms with E-state index in [4.69, 9.17) is 9.47 Å². The fourth-order valence-electron chi connectivity index (χ4n) is 1.73. The van der Waals surface area contributed by atoms with Crippen LogP contribution in [0.25, 0.3) is 0 Å². The number of guanidine groups is 1. The maximum Gasteiger partial charge on any atom is 0.193 e. The number of aliphatic imine (C=N–C) groups is 1. The van der Waals surface area contributed by atoms with Gasteiger partial charge in [0, 0.05) is 13.6 Å². The highest BCUT2D eigenvalue weighted by Crippen LogP contribution is 2.16. The van der Waals surface area contributed by atoms with Crippen molar-refractivity contribution >= 4 is 5.96 Å². The summed E-state index contributed by atoms with van der Waals surface area (Å²) in [6.07, 6.45) is 0. The first kappa shape index (κ1) is 12.5. The predicted octanol–water partition coefficient (Wildman–Crippen LogP) is 0.965. The fraction of sp³-hybridized carbons (Fsp3) is 0.462. The molecule has 0 aromatic heterocycles. The van der Waals surface area contributed by atoms with Crippen molar-refractivity contribution in [2.24, 2.45) is 4.99 Å². The third-order valence-electron chi connectivity index (χ3n) is 2.77. The second-order valence-corrected chi connectivity index (χ2v) is 4.08. The van der Waals surface area contributed by atoms with Gasteiger partial charge in [0.2, 0.25) is 0 Å². The largest absolute Gasteiger partial charge is 0.497 e. The van der Waals surface area contributed by atoms with Gasteiger partial charge in [-0.1, -0.05) is 0 Å². The number of likely N-dealkylation sites (N-methyl/N-ethyl adjacent to an activating group) is 1. The minimum atomic E-state index is 0.610. The Labute approximate surface area is 107 Å². The smallest absolute Gasteiger partial charge is 0.193 e. The molecular formula is C13H19N3O2. The van der Waals surface area contributed by atoms with E-state index in [1.165, 1.54) is 0 Å². The molecule has 0 bridgehead atoms. The summed E-state index contributed by atoms with van der Waals surface area (Å²) in [4.78, 5) is 6.45. The molecule has 5 nitrogen and oxygen atoms in total. The monoisotopic (exact) mass is 249 g/mol. The minimum absolute atomic E-state index is 0.610. The molecule has 5 heteroatoms. The van der Waals surface area contributed by atoms with Crippen molar-refractivity contribution < 1.29 is 9.47 Å². The zero-order chi connectivity index (χ0) is 12.8. The Morgan fingerprint density at radius 3 is 2.61 bits per heavy atom. The van der Waals surface area contributed by atoms with E-state index in [2.05, 4.69) is 15.2 Å². The molecule has 0 unspecified atom stereocenters. The second kappa shape index (κ2) is 6.14. The second-order valence-electron chi connectivity index (χ2n) is 4.08. The molecule has 0 atom stereocenters. The van der Waals surface area contributed by atoms with Crippen LogP contribution < -0.4 is 14.8 Å². The van der Waals surface area contributed by atoms with Gasteiger partial charge in [0.25, 0.3) is 0 Å². The van der Waals surface area contributed by atoms with Gasteiger partial charge in [0.15, 0.2) is 5.96 Å². The van der Waals surface area contributed by atoms with Crippen LogP contribution in [0.15, 0.2) is 29.3 Å². The maximum absolute atomic E-state index is 5.61. The number of methoxy groups -OCH3 is 1. The normalized spacial score (nSPS) is 14.3. The Hall–Kier alpha value is -1.91. The van der Waals surface area contributed by atoms with E-state index in [-0.39, 0.29) is 0 Å². The minimum Gasteiger partial charge on any atom is -0.497 e. The van der Waals surface area contributed by atoms with Crippen LogP contribution in [-0.4, -0.2) is 51.3 Å². The van der Waals surface area contributed by atoms with E-state index < -0.39 is 0 Å². The summed E-state index contributed by atoms with van der Waals surface area (Å²) >= 11 is 0. The van der Waals surface area contributed by atoms with E-state index in [1.54, 1.807) is 7.11 Å². The highest BCUT2D eigenvalue weighted by Gasteiger charge is 2.10. The third-order valence-corrected chi connectivity index (χ3v) is 2.77. The van der Waals surface area contributed by atoms with Gasteiger partial charge in [-0.15, -0.1) is 0 Å². The topological polar surface area (TPSA) is 46.1 Å². The lowest BCUT2D eigenvalue weighted by molar-refractivity contribution is 0.319. The van der Waals surface area contributed by atoms with Crippen LogP contribution in [0.3, 0.4) is 0 Å². The molecule has 0 aliphatic carbocycles. The molecule has 1 aliphatic rings. The molecule has 1 aromatic rings. The average molecular weight is 249 g/mol. The first-order valence-electron chi connectivity index (χ1n) is 6.06. The van der Waals surface area contributed by atoms with Gasteiger partial charge >= 0.3 is 0 Å². The average Bonchev–Trinajstić information content (AvgIpc) is 2.81. The van der Waals surface area contributed by atoms with Crippen LogP contribution in [0.1, 0.15) is 0 Å². The first-order valence-corrected chi connectivity index (χ1v) is 6.06. The van der Waals surface area contributed by atoms with Crippen molar-refractivity contribution in [3.05, 3.63) is 24.3 Å². The van der Waals surface area contributed by atoms with Crippen molar-refractivity contribution in [1.82, 2.24) is 10.2 Å². The number of rotatable bonds is 5. The standard InChI is InChI=1S/C13H19N3O2/c1-16-9-7-14-13(16)15-8-10-18-12-5-3-11(17-2)4-6-12/h3-6H,7-10H2,1-2H3,(H,14,15). The number of hydrogen-bond acceptors (Lipinski definition) is 5. The molecule has 1 heterocycles. The maximum atomic E-state index is 5.61. The zero-order valence-corrected chi connectivity index (χ0v) is 10.8. The number of nitrogens with one attached hydrogen (secondary N) is 1. The lowest BCUT2D eigenvalue weighted by atomic mass is 10.3. The van der Waals surface area contributed by atoms with E-state index in [9.17, 15) is 0 Å². The van der Waals surface area contributed by atoms with Crippen LogP contribution in [-0.2, 0) is 0 Å². The summed E-state index contributed by atoms with van der Waals surface area (Å²) in [6.45, 7) is 3.22.